The molecule has 160 valence electrons. The van der Waals surface area contributed by atoms with Crippen molar-refractivity contribution in [2.24, 2.45) is 0 Å². The van der Waals surface area contributed by atoms with Crippen LogP contribution in [0, 0.1) is 0 Å². The van der Waals surface area contributed by atoms with Gasteiger partial charge < -0.3 is 9.72 Å². The molecule has 0 spiro atoms. The number of ether oxygens (including phenoxy) is 1. The number of fused-ring (bicyclic) bond motifs is 1. The smallest absolute Gasteiger partial charge is 0.355 e. The molecule has 1 aliphatic rings. The number of benzene rings is 2. The zero-order valence-corrected chi connectivity index (χ0v) is 18.6. The van der Waals surface area contributed by atoms with Crippen LogP contribution in [0.4, 0.5) is 0 Å². The Morgan fingerprint density at radius 2 is 1.68 bits per heavy atom. The number of aromatic amines is 1. The molecule has 3 aromatic rings. The second kappa shape index (κ2) is 8.18. The molecule has 1 atom stereocenters. The Labute approximate surface area is 183 Å². The van der Waals surface area contributed by atoms with Crippen LogP contribution in [0.3, 0.4) is 0 Å². The molecule has 0 aliphatic heterocycles. The number of hydrogen-bond donors (Lipinski definition) is 1. The van der Waals surface area contributed by atoms with Crippen LogP contribution in [0.2, 0.25) is 0 Å². The highest BCUT2D eigenvalue weighted by Crippen LogP contribution is 2.40. The molecule has 0 radical (unpaired) electrons. The highest BCUT2D eigenvalue weighted by atomic mass is 16.5. The molecule has 0 saturated carbocycles. The van der Waals surface area contributed by atoms with Crippen molar-refractivity contribution < 1.29 is 14.3 Å². The van der Waals surface area contributed by atoms with Crippen molar-refractivity contribution in [2.45, 2.75) is 51.9 Å². The number of rotatable bonds is 4. The molecule has 1 heterocycles. The van der Waals surface area contributed by atoms with Gasteiger partial charge in [0.15, 0.2) is 5.78 Å². The molecule has 0 unspecified atom stereocenters. The van der Waals surface area contributed by atoms with E-state index in [0.717, 1.165) is 16.8 Å². The van der Waals surface area contributed by atoms with Gasteiger partial charge in [-0.3, -0.25) is 4.79 Å². The van der Waals surface area contributed by atoms with Crippen LogP contribution >= 0.6 is 0 Å². The van der Waals surface area contributed by atoms with Crippen molar-refractivity contribution in [1.82, 2.24) is 4.98 Å². The van der Waals surface area contributed by atoms with E-state index in [1.165, 1.54) is 5.56 Å². The summed E-state index contributed by atoms with van der Waals surface area (Å²) in [5.41, 5.74) is 5.86. The Bertz CT molecular complexity index is 1100. The molecule has 31 heavy (non-hydrogen) atoms. The van der Waals surface area contributed by atoms with E-state index < -0.39 is 5.97 Å². The zero-order valence-electron chi connectivity index (χ0n) is 18.6. The molecule has 4 heteroatoms. The molecule has 0 amide bonds. The van der Waals surface area contributed by atoms with Gasteiger partial charge in [0.25, 0.3) is 0 Å². The number of ketones is 1. The number of Topliss-reactive ketones (excluding diaryl/α,β-unsaturated/α-hetero) is 1. The van der Waals surface area contributed by atoms with Crippen LogP contribution in [0.1, 0.15) is 77.7 Å². The van der Waals surface area contributed by atoms with Crippen LogP contribution < -0.4 is 0 Å². The van der Waals surface area contributed by atoms with Gasteiger partial charge >= 0.3 is 5.97 Å². The molecule has 1 N–H and O–H groups in total. The first kappa shape index (κ1) is 21.1. The van der Waals surface area contributed by atoms with E-state index in [9.17, 15) is 9.59 Å². The van der Waals surface area contributed by atoms with Crippen molar-refractivity contribution in [3.63, 3.8) is 0 Å². The third-order valence-corrected chi connectivity index (χ3v) is 6.03. The predicted molar refractivity (Wildman–Crippen MR) is 123 cm³/mol. The van der Waals surface area contributed by atoms with Crippen molar-refractivity contribution in [3.05, 3.63) is 82.7 Å². The van der Waals surface area contributed by atoms with E-state index in [2.05, 4.69) is 50.0 Å². The second-order valence-electron chi connectivity index (χ2n) is 9.22. The molecular formula is C27H29NO3. The topological polar surface area (TPSA) is 59.2 Å². The standard InChI is InChI=1S/C27H29NO3/c1-5-31-26(30)25-23(18-9-7-6-8-10-18)24-21(28-25)15-19(16-22(24)29)17-11-13-20(14-12-17)27(2,3)4/h6-14,19,28H,5,15-16H2,1-4H3/t19-/m0/s1. The van der Waals surface area contributed by atoms with Crippen LogP contribution in [0.25, 0.3) is 11.1 Å². The summed E-state index contributed by atoms with van der Waals surface area (Å²) >= 11 is 0. The first-order valence-corrected chi connectivity index (χ1v) is 10.9. The van der Waals surface area contributed by atoms with Crippen LogP contribution in [0.15, 0.2) is 54.6 Å². The summed E-state index contributed by atoms with van der Waals surface area (Å²) < 4.78 is 5.28. The summed E-state index contributed by atoms with van der Waals surface area (Å²) in [5, 5.41) is 0. The second-order valence-corrected chi connectivity index (χ2v) is 9.22. The summed E-state index contributed by atoms with van der Waals surface area (Å²) in [7, 11) is 0. The number of H-pyrrole nitrogens is 1. The maximum absolute atomic E-state index is 13.3. The first-order chi connectivity index (χ1) is 14.8. The Balaban J connectivity index is 1.74. The SMILES string of the molecule is CCOC(=O)c1[nH]c2c(c1-c1ccccc1)C(=O)C[C@@H](c1ccc(C(C)(C)C)cc1)C2. The Morgan fingerprint density at radius 3 is 2.29 bits per heavy atom. The number of nitrogens with one attached hydrogen (secondary N) is 1. The van der Waals surface area contributed by atoms with Gasteiger partial charge in [0.05, 0.1) is 6.61 Å². The Kier molecular flexibility index (Phi) is 5.57. The minimum Gasteiger partial charge on any atom is -0.461 e. The molecule has 0 bridgehead atoms. The van der Waals surface area contributed by atoms with Crippen LogP contribution in [-0.4, -0.2) is 23.3 Å². The zero-order chi connectivity index (χ0) is 22.2. The quantitative estimate of drug-likeness (QED) is 0.526. The fourth-order valence-corrected chi connectivity index (χ4v) is 4.40. The van der Waals surface area contributed by atoms with E-state index in [1.54, 1.807) is 6.92 Å². The normalized spacial score (nSPS) is 16.1. The minimum absolute atomic E-state index is 0.0665. The molecular weight excluding hydrogens is 386 g/mol. The highest BCUT2D eigenvalue weighted by molar-refractivity contribution is 6.10. The van der Waals surface area contributed by atoms with Gasteiger partial charge in [0, 0.05) is 23.2 Å². The summed E-state index contributed by atoms with van der Waals surface area (Å²) in [6, 6.07) is 18.2. The van der Waals surface area contributed by atoms with E-state index >= 15 is 0 Å². The molecule has 1 aliphatic carbocycles. The van der Waals surface area contributed by atoms with E-state index in [1.807, 2.05) is 30.3 Å². The van der Waals surface area contributed by atoms with Gasteiger partial charge in [0.1, 0.15) is 5.69 Å². The lowest BCUT2D eigenvalue weighted by atomic mass is 9.79. The van der Waals surface area contributed by atoms with Gasteiger partial charge in [-0.2, -0.15) is 0 Å². The molecule has 0 saturated heterocycles. The maximum atomic E-state index is 13.3. The number of carbonyl (C=O) groups excluding carboxylic acids is 2. The monoisotopic (exact) mass is 415 g/mol. The van der Waals surface area contributed by atoms with Crippen molar-refractivity contribution in [1.29, 1.82) is 0 Å². The fourth-order valence-electron chi connectivity index (χ4n) is 4.40. The maximum Gasteiger partial charge on any atom is 0.355 e. The summed E-state index contributed by atoms with van der Waals surface area (Å²) in [6.07, 6.45) is 1.12. The van der Waals surface area contributed by atoms with Crippen LogP contribution in [0.5, 0.6) is 0 Å². The number of carbonyl (C=O) groups is 2. The molecule has 0 fully saturated rings. The third-order valence-electron chi connectivity index (χ3n) is 6.03. The molecule has 4 rings (SSSR count). The highest BCUT2D eigenvalue weighted by Gasteiger charge is 2.34. The lowest BCUT2D eigenvalue weighted by molar-refractivity contribution is 0.0521. The Morgan fingerprint density at radius 1 is 1.00 bits per heavy atom. The predicted octanol–water partition coefficient (Wildman–Crippen LogP) is 6.07. The van der Waals surface area contributed by atoms with Crippen molar-refractivity contribution in [3.8, 4) is 11.1 Å². The van der Waals surface area contributed by atoms with Crippen molar-refractivity contribution >= 4 is 11.8 Å². The minimum atomic E-state index is -0.422. The number of hydrogen-bond acceptors (Lipinski definition) is 3. The first-order valence-electron chi connectivity index (χ1n) is 10.9. The number of aromatic nitrogens is 1. The fraction of sp³-hybridized carbons (Fsp3) is 0.333. The average molecular weight is 416 g/mol. The van der Waals surface area contributed by atoms with Crippen LogP contribution in [-0.2, 0) is 16.6 Å². The molecule has 2 aromatic carbocycles. The number of esters is 1. The Hall–Kier alpha value is -3.14. The van der Waals surface area contributed by atoms with Gasteiger partial charge in [0.2, 0.25) is 0 Å². The molecule has 4 nitrogen and oxygen atoms in total. The van der Waals surface area contributed by atoms with Gasteiger partial charge in [-0.1, -0.05) is 75.4 Å². The van der Waals surface area contributed by atoms with E-state index in [-0.39, 0.29) is 23.7 Å². The summed E-state index contributed by atoms with van der Waals surface area (Å²) in [6.45, 7) is 8.65. The van der Waals surface area contributed by atoms with E-state index in [0.29, 0.717) is 29.7 Å². The third kappa shape index (κ3) is 4.07. The lowest BCUT2D eigenvalue weighted by Gasteiger charge is -2.24. The van der Waals surface area contributed by atoms with E-state index in [4.69, 9.17) is 4.74 Å². The summed E-state index contributed by atoms with van der Waals surface area (Å²) in [4.78, 5) is 29.2. The van der Waals surface area contributed by atoms with Gasteiger partial charge in [-0.25, -0.2) is 4.79 Å². The van der Waals surface area contributed by atoms with Gasteiger partial charge in [-0.15, -0.1) is 0 Å². The lowest BCUT2D eigenvalue weighted by Crippen LogP contribution is -2.19. The molecule has 1 aromatic heterocycles. The largest absolute Gasteiger partial charge is 0.461 e. The van der Waals surface area contributed by atoms with Gasteiger partial charge in [-0.05, 0) is 41.4 Å². The van der Waals surface area contributed by atoms with Crippen molar-refractivity contribution in [2.75, 3.05) is 6.61 Å². The summed E-state index contributed by atoms with van der Waals surface area (Å²) in [5.74, 6) is -0.266. The average Bonchev–Trinajstić information content (AvgIpc) is 3.14.